The second kappa shape index (κ2) is 9.64. The van der Waals surface area contributed by atoms with Gasteiger partial charge < -0.3 is 15.4 Å². The number of piperidine rings is 1. The molecular formula is C20H28ClN3O2S. The van der Waals surface area contributed by atoms with Gasteiger partial charge in [0.25, 0.3) is 0 Å². The van der Waals surface area contributed by atoms with Crippen molar-refractivity contribution < 1.29 is 9.53 Å². The SMILES string of the molecule is COCC1(C(=O)Nc2nc(-c3ccccc3)c(C(C)C)s2)CCNCC1.Cl. The fourth-order valence-electron chi connectivity index (χ4n) is 3.43. The molecule has 0 atom stereocenters. The fraction of sp³-hybridized carbons (Fsp3) is 0.500. The summed E-state index contributed by atoms with van der Waals surface area (Å²) in [5.41, 5.74) is 1.57. The molecule has 148 valence electrons. The van der Waals surface area contributed by atoms with Crippen LogP contribution in [0.5, 0.6) is 0 Å². The predicted molar refractivity (Wildman–Crippen MR) is 114 cm³/mol. The number of ether oxygens (including phenoxy) is 1. The second-order valence-electron chi connectivity index (χ2n) is 7.17. The van der Waals surface area contributed by atoms with Crippen molar-refractivity contribution in [3.8, 4) is 11.3 Å². The number of carbonyl (C=O) groups excluding carboxylic acids is 1. The van der Waals surface area contributed by atoms with E-state index in [1.807, 2.05) is 18.2 Å². The first-order chi connectivity index (χ1) is 12.6. The third-order valence-corrected chi connectivity index (χ3v) is 6.18. The Morgan fingerprint density at radius 3 is 2.56 bits per heavy atom. The Morgan fingerprint density at radius 2 is 1.96 bits per heavy atom. The fourth-order valence-corrected chi connectivity index (χ4v) is 4.41. The van der Waals surface area contributed by atoms with E-state index in [0.29, 0.717) is 17.7 Å². The normalized spacial score (nSPS) is 16.0. The molecule has 1 aliphatic heterocycles. The van der Waals surface area contributed by atoms with Crippen LogP contribution in [0.25, 0.3) is 11.3 Å². The average molecular weight is 410 g/mol. The topological polar surface area (TPSA) is 63.2 Å². The summed E-state index contributed by atoms with van der Waals surface area (Å²) in [5, 5.41) is 7.07. The maximum Gasteiger partial charge on any atom is 0.234 e. The number of anilines is 1. The lowest BCUT2D eigenvalue weighted by Crippen LogP contribution is -2.47. The molecule has 5 nitrogen and oxygen atoms in total. The number of amides is 1. The summed E-state index contributed by atoms with van der Waals surface area (Å²) >= 11 is 1.57. The minimum absolute atomic E-state index is 0. The number of hydrogen-bond donors (Lipinski definition) is 2. The van der Waals surface area contributed by atoms with Crippen LogP contribution >= 0.6 is 23.7 Å². The molecule has 7 heteroatoms. The van der Waals surface area contributed by atoms with Crippen LogP contribution in [0.4, 0.5) is 5.13 Å². The molecule has 3 rings (SSSR count). The number of thiazole rings is 1. The van der Waals surface area contributed by atoms with Crippen molar-refractivity contribution in [2.75, 3.05) is 32.1 Å². The molecule has 0 unspecified atom stereocenters. The molecular weight excluding hydrogens is 382 g/mol. The van der Waals surface area contributed by atoms with Crippen molar-refractivity contribution in [2.45, 2.75) is 32.6 Å². The first-order valence-corrected chi connectivity index (χ1v) is 9.94. The first kappa shape index (κ1) is 21.8. The molecule has 0 aliphatic carbocycles. The van der Waals surface area contributed by atoms with E-state index in [0.717, 1.165) is 37.2 Å². The zero-order valence-electron chi connectivity index (χ0n) is 16.1. The van der Waals surface area contributed by atoms with Gasteiger partial charge in [-0.2, -0.15) is 0 Å². The molecule has 27 heavy (non-hydrogen) atoms. The molecule has 1 fully saturated rings. The van der Waals surface area contributed by atoms with Crippen LogP contribution in [0.3, 0.4) is 0 Å². The Hall–Kier alpha value is -1.47. The standard InChI is InChI=1S/C20H27N3O2S.ClH/c1-14(2)17-16(15-7-5-4-6-8-15)22-19(26-17)23-18(24)20(13-25-3)9-11-21-12-10-20;/h4-8,14,21H,9-13H2,1-3H3,(H,22,23,24);1H. The molecule has 0 saturated carbocycles. The summed E-state index contributed by atoms with van der Waals surface area (Å²) in [7, 11) is 1.66. The second-order valence-corrected chi connectivity index (χ2v) is 8.20. The van der Waals surface area contributed by atoms with E-state index in [-0.39, 0.29) is 18.3 Å². The third kappa shape index (κ3) is 4.88. The van der Waals surface area contributed by atoms with Crippen LogP contribution in [0.2, 0.25) is 0 Å². The van der Waals surface area contributed by atoms with Gasteiger partial charge in [0.05, 0.1) is 17.7 Å². The van der Waals surface area contributed by atoms with Crippen LogP contribution in [-0.2, 0) is 9.53 Å². The zero-order chi connectivity index (χ0) is 18.6. The van der Waals surface area contributed by atoms with Crippen LogP contribution in [0, 0.1) is 5.41 Å². The number of rotatable bonds is 6. The van der Waals surface area contributed by atoms with E-state index >= 15 is 0 Å². The number of aromatic nitrogens is 1. The minimum atomic E-state index is -0.476. The van der Waals surface area contributed by atoms with Crippen LogP contribution in [0.1, 0.15) is 37.5 Å². The van der Waals surface area contributed by atoms with Crippen LogP contribution < -0.4 is 10.6 Å². The van der Waals surface area contributed by atoms with Crippen molar-refractivity contribution in [2.24, 2.45) is 5.41 Å². The van der Waals surface area contributed by atoms with Crippen LogP contribution in [-0.4, -0.2) is 37.7 Å². The molecule has 1 aliphatic rings. The molecule has 0 radical (unpaired) electrons. The number of nitrogens with one attached hydrogen (secondary N) is 2. The quantitative estimate of drug-likeness (QED) is 0.746. The predicted octanol–water partition coefficient (Wildman–Crippen LogP) is 4.31. The zero-order valence-corrected chi connectivity index (χ0v) is 17.7. The minimum Gasteiger partial charge on any atom is -0.384 e. The number of carbonyl (C=O) groups is 1. The summed E-state index contributed by atoms with van der Waals surface area (Å²) in [4.78, 5) is 19.0. The summed E-state index contributed by atoms with van der Waals surface area (Å²) in [6, 6.07) is 10.1. The van der Waals surface area contributed by atoms with Crippen molar-refractivity contribution in [1.29, 1.82) is 0 Å². The Balaban J connectivity index is 0.00000261. The van der Waals surface area contributed by atoms with E-state index < -0.39 is 5.41 Å². The van der Waals surface area contributed by atoms with Gasteiger partial charge in [-0.3, -0.25) is 4.79 Å². The van der Waals surface area contributed by atoms with Gasteiger partial charge in [0, 0.05) is 17.6 Å². The van der Waals surface area contributed by atoms with E-state index in [9.17, 15) is 4.79 Å². The average Bonchev–Trinajstić information content (AvgIpc) is 3.08. The summed E-state index contributed by atoms with van der Waals surface area (Å²) in [6.07, 6.45) is 1.56. The molecule has 2 aromatic rings. The number of benzene rings is 1. The summed E-state index contributed by atoms with van der Waals surface area (Å²) < 4.78 is 5.37. The van der Waals surface area contributed by atoms with Crippen molar-refractivity contribution in [3.05, 3.63) is 35.2 Å². The van der Waals surface area contributed by atoms with Gasteiger partial charge >= 0.3 is 0 Å². The lowest BCUT2D eigenvalue weighted by molar-refractivity contribution is -0.130. The maximum atomic E-state index is 13.1. The summed E-state index contributed by atoms with van der Waals surface area (Å²) in [5.74, 6) is 0.365. The van der Waals surface area contributed by atoms with Gasteiger partial charge in [-0.25, -0.2) is 4.98 Å². The molecule has 2 heterocycles. The Labute approximate surface area is 171 Å². The van der Waals surface area contributed by atoms with E-state index in [1.165, 1.54) is 4.88 Å². The molecule has 1 amide bonds. The molecule has 0 spiro atoms. The highest BCUT2D eigenvalue weighted by Gasteiger charge is 2.40. The number of hydrogen-bond acceptors (Lipinski definition) is 5. The molecule has 1 aromatic heterocycles. The van der Waals surface area contributed by atoms with Gasteiger partial charge in [-0.15, -0.1) is 23.7 Å². The van der Waals surface area contributed by atoms with E-state index in [2.05, 4.69) is 36.6 Å². The van der Waals surface area contributed by atoms with Crippen molar-refractivity contribution >= 4 is 34.8 Å². The third-order valence-electron chi connectivity index (χ3n) is 4.91. The Bertz CT molecular complexity index is 737. The number of nitrogens with zero attached hydrogens (tertiary/aromatic N) is 1. The van der Waals surface area contributed by atoms with Gasteiger partial charge in [0.1, 0.15) is 0 Å². The molecule has 0 bridgehead atoms. The van der Waals surface area contributed by atoms with Crippen molar-refractivity contribution in [1.82, 2.24) is 10.3 Å². The van der Waals surface area contributed by atoms with Crippen molar-refractivity contribution in [3.63, 3.8) is 0 Å². The van der Waals surface area contributed by atoms with Crippen LogP contribution in [0.15, 0.2) is 30.3 Å². The molecule has 2 N–H and O–H groups in total. The number of halogens is 1. The highest BCUT2D eigenvalue weighted by atomic mass is 35.5. The lowest BCUT2D eigenvalue weighted by atomic mass is 9.79. The van der Waals surface area contributed by atoms with Gasteiger partial charge in [-0.1, -0.05) is 44.2 Å². The number of methoxy groups -OCH3 is 1. The highest BCUT2D eigenvalue weighted by Crippen LogP contribution is 2.37. The van der Waals surface area contributed by atoms with E-state index in [4.69, 9.17) is 9.72 Å². The Morgan fingerprint density at radius 1 is 1.30 bits per heavy atom. The van der Waals surface area contributed by atoms with Gasteiger partial charge in [-0.05, 0) is 31.8 Å². The molecule has 1 saturated heterocycles. The summed E-state index contributed by atoms with van der Waals surface area (Å²) in [6.45, 7) is 6.42. The first-order valence-electron chi connectivity index (χ1n) is 9.13. The van der Waals surface area contributed by atoms with Gasteiger partial charge in [0.2, 0.25) is 5.91 Å². The van der Waals surface area contributed by atoms with Gasteiger partial charge in [0.15, 0.2) is 5.13 Å². The smallest absolute Gasteiger partial charge is 0.234 e. The Kier molecular flexibility index (Phi) is 7.79. The largest absolute Gasteiger partial charge is 0.384 e. The highest BCUT2D eigenvalue weighted by molar-refractivity contribution is 7.16. The van der Waals surface area contributed by atoms with E-state index in [1.54, 1.807) is 18.4 Å². The maximum absolute atomic E-state index is 13.1. The lowest BCUT2D eigenvalue weighted by Gasteiger charge is -2.35. The molecule has 1 aromatic carbocycles. The monoisotopic (exact) mass is 409 g/mol.